The molecule has 0 amide bonds. The first-order valence-corrected chi connectivity index (χ1v) is 17.9. The Bertz CT molecular complexity index is 1270. The van der Waals surface area contributed by atoms with Crippen molar-refractivity contribution in [2.45, 2.75) is 63.7 Å². The third-order valence-electron chi connectivity index (χ3n) is 4.33. The van der Waals surface area contributed by atoms with Crippen LogP contribution in [0.15, 0.2) is 11.0 Å². The van der Waals surface area contributed by atoms with E-state index in [0.29, 0.717) is 6.42 Å². The zero-order chi connectivity index (χ0) is 29.6. The third-order valence-corrected chi connectivity index (χ3v) is 11.1. The van der Waals surface area contributed by atoms with Gasteiger partial charge in [-0.2, -0.15) is 13.6 Å². The lowest BCUT2D eigenvalue weighted by Gasteiger charge is -2.22. The first-order valence-electron chi connectivity index (χ1n) is 11.0. The molecule has 1 aromatic heterocycles. The molecule has 16 nitrogen and oxygen atoms in total. The van der Waals surface area contributed by atoms with Crippen LogP contribution in [0.4, 0.5) is 5.82 Å². The topological polar surface area (TPSA) is 239 Å². The maximum absolute atomic E-state index is 12.5. The molecule has 6 N–H and O–H groups in total. The molecule has 39 heavy (non-hydrogen) atoms. The van der Waals surface area contributed by atoms with Gasteiger partial charge in [0.25, 0.3) is 0 Å². The van der Waals surface area contributed by atoms with E-state index >= 15 is 0 Å². The molecule has 0 aliphatic carbocycles. The van der Waals surface area contributed by atoms with Gasteiger partial charge in [0.05, 0.1) is 18.3 Å². The van der Waals surface area contributed by atoms with E-state index in [9.17, 15) is 28.3 Å². The van der Waals surface area contributed by atoms with Crippen LogP contribution in [-0.2, 0) is 36.3 Å². The van der Waals surface area contributed by atoms with E-state index in [1.54, 1.807) is 10.8 Å². The molecule has 2 unspecified atom stereocenters. The Morgan fingerprint density at radius 1 is 1.21 bits per heavy atom. The maximum Gasteiger partial charge on any atom is 0.490 e. The van der Waals surface area contributed by atoms with E-state index in [1.165, 1.54) is 17.0 Å². The van der Waals surface area contributed by atoms with Gasteiger partial charge < -0.3 is 34.8 Å². The summed E-state index contributed by atoms with van der Waals surface area (Å²) in [6, 6.07) is 0. The highest BCUT2D eigenvalue weighted by atomic mass is 33.1. The molecule has 1 aliphatic rings. The van der Waals surface area contributed by atoms with Crippen LogP contribution in [-0.4, -0.2) is 58.6 Å². The fourth-order valence-electron chi connectivity index (χ4n) is 2.95. The quantitative estimate of drug-likeness (QED) is 0.0716. The molecule has 222 valence electrons. The zero-order valence-electron chi connectivity index (χ0n) is 21.2. The minimum atomic E-state index is -5.69. The highest BCUT2D eigenvalue weighted by molar-refractivity contribution is 8.77. The first kappa shape index (κ1) is 34.5. The molecule has 21 heteroatoms. The van der Waals surface area contributed by atoms with Crippen LogP contribution in [0.25, 0.3) is 0 Å². The number of nitrogen functional groups attached to an aromatic ring is 1. The molecule has 0 saturated carbocycles. The second-order valence-corrected chi connectivity index (χ2v) is 16.3. The third kappa shape index (κ3) is 12.4. The van der Waals surface area contributed by atoms with E-state index in [-0.39, 0.29) is 28.5 Å². The van der Waals surface area contributed by atoms with Crippen molar-refractivity contribution < 1.29 is 55.9 Å². The van der Waals surface area contributed by atoms with E-state index in [2.05, 4.69) is 25.4 Å². The molecular weight excluding hydrogens is 623 g/mol. The monoisotopic (exact) mass is 653 g/mol. The van der Waals surface area contributed by atoms with Gasteiger partial charge in [0.2, 0.25) is 0 Å². The number of rotatable bonds is 12. The fraction of sp³-hybridized carbons (Fsp3) is 0.667. The van der Waals surface area contributed by atoms with Gasteiger partial charge in [-0.25, -0.2) is 18.5 Å². The summed E-state index contributed by atoms with van der Waals surface area (Å²) in [7, 11) is -13.7. The Kier molecular flexibility index (Phi) is 12.3. The van der Waals surface area contributed by atoms with Gasteiger partial charge in [-0.15, -0.1) is 0 Å². The van der Waals surface area contributed by atoms with Gasteiger partial charge in [0.1, 0.15) is 24.1 Å². The largest absolute Gasteiger partial charge is 0.490 e. The molecule has 1 aromatic rings. The zero-order valence-corrected chi connectivity index (χ0v) is 25.5. The van der Waals surface area contributed by atoms with Gasteiger partial charge in [-0.1, -0.05) is 61.1 Å². The molecule has 0 spiro atoms. The summed E-state index contributed by atoms with van der Waals surface area (Å²) in [4.78, 5) is 52.8. The maximum atomic E-state index is 12.5. The van der Waals surface area contributed by atoms with Crippen molar-refractivity contribution in [2.24, 2.45) is 0 Å². The van der Waals surface area contributed by atoms with Gasteiger partial charge in [0.15, 0.2) is 0 Å². The Morgan fingerprint density at radius 3 is 2.46 bits per heavy atom. The smallest absolute Gasteiger partial charge is 0.382 e. The Morgan fingerprint density at radius 2 is 1.87 bits per heavy atom. The first-order chi connectivity index (χ1) is 17.8. The average molecular weight is 654 g/mol. The lowest BCUT2D eigenvalue weighted by molar-refractivity contribution is -0.0543. The second-order valence-electron chi connectivity index (χ2n) is 8.77. The van der Waals surface area contributed by atoms with Crippen LogP contribution >= 0.6 is 45.1 Å². The number of nitrogens with two attached hydrogens (primary N) is 1. The number of ether oxygens (including phenoxy) is 2. The summed E-state index contributed by atoms with van der Waals surface area (Å²) in [5, 5.41) is 0. The number of aromatic nitrogens is 2. The lowest BCUT2D eigenvalue weighted by Crippen LogP contribution is -2.29. The van der Waals surface area contributed by atoms with Crippen molar-refractivity contribution in [1.82, 2.24) is 9.55 Å². The standard InChI is InChI=1S/C18H30N3O13P3S2/c1-5-6-7-12-9-21(17(22)20-16(12)19)15-8-13(30-11-38-39-18(2,3)4)14(32-15)10-31-36(26,27)34-37(28,29)33-35(23,24)25/h9,13-15H,5,8,10-11H2,1-4H3,(H,26,27)(H,28,29)(H2,19,20,22)(H2,23,24,25)/t13-,14-,15-/m1/s1. The van der Waals surface area contributed by atoms with Crippen molar-refractivity contribution in [3.63, 3.8) is 0 Å². The normalized spacial score (nSPS) is 23.0. The van der Waals surface area contributed by atoms with Crippen LogP contribution in [0, 0.1) is 11.8 Å². The number of hydrogen-bond donors (Lipinski definition) is 5. The molecule has 1 aliphatic heterocycles. The molecule has 5 atom stereocenters. The summed E-state index contributed by atoms with van der Waals surface area (Å²) in [5.74, 6) is 5.72. The molecule has 0 bridgehead atoms. The summed E-state index contributed by atoms with van der Waals surface area (Å²) in [6.45, 7) is 7.09. The van der Waals surface area contributed by atoms with Gasteiger partial charge in [0, 0.05) is 23.8 Å². The number of phosphoric acid groups is 3. The molecule has 2 rings (SSSR count). The van der Waals surface area contributed by atoms with Crippen molar-refractivity contribution in [3.8, 4) is 11.8 Å². The lowest BCUT2D eigenvalue weighted by atomic mass is 10.2. The van der Waals surface area contributed by atoms with Crippen LogP contribution in [0.5, 0.6) is 0 Å². The van der Waals surface area contributed by atoms with Crippen molar-refractivity contribution in [1.29, 1.82) is 0 Å². The fourth-order valence-corrected chi connectivity index (χ4v) is 7.98. The number of phosphoric ester groups is 1. The highest BCUT2D eigenvalue weighted by Gasteiger charge is 2.43. The van der Waals surface area contributed by atoms with Gasteiger partial charge >= 0.3 is 29.2 Å². The Balaban J connectivity index is 2.21. The molecule has 2 heterocycles. The highest BCUT2D eigenvalue weighted by Crippen LogP contribution is 2.66. The number of hydrogen-bond acceptors (Lipinski definition) is 13. The van der Waals surface area contributed by atoms with Crippen molar-refractivity contribution >= 4 is 50.9 Å². The minimum absolute atomic E-state index is 0.0668. The molecular formula is C18H30N3O13P3S2. The second kappa shape index (κ2) is 14.0. The molecule has 1 saturated heterocycles. The average Bonchev–Trinajstić information content (AvgIpc) is 3.14. The number of nitrogens with zero attached hydrogens (tertiary/aromatic N) is 2. The predicted octanol–water partition coefficient (Wildman–Crippen LogP) is 2.74. The van der Waals surface area contributed by atoms with Crippen molar-refractivity contribution in [3.05, 3.63) is 22.2 Å². The number of anilines is 1. The molecule has 1 fully saturated rings. The van der Waals surface area contributed by atoms with Crippen molar-refractivity contribution in [2.75, 3.05) is 18.3 Å². The summed E-state index contributed by atoms with van der Waals surface area (Å²) in [5.41, 5.74) is 5.33. The summed E-state index contributed by atoms with van der Waals surface area (Å²) >= 11 is 0. The van der Waals surface area contributed by atoms with E-state index < -0.39 is 54.2 Å². The van der Waals surface area contributed by atoms with E-state index in [1.807, 2.05) is 27.7 Å². The Hall–Kier alpha value is -0.730. The SMILES string of the molecule is CCC#Cc1cn([C@H]2C[C@@H](OCSSC(C)(C)C)[C@@H](COP(=O)(O)OP(=O)(O)OP(=O)(O)O)O2)c(=O)nc1N. The van der Waals surface area contributed by atoms with Gasteiger partial charge in [-0.3, -0.25) is 9.09 Å². The van der Waals surface area contributed by atoms with E-state index in [4.69, 9.17) is 29.5 Å². The van der Waals surface area contributed by atoms with Crippen LogP contribution in [0.1, 0.15) is 52.3 Å². The van der Waals surface area contributed by atoms with Crippen LogP contribution in [0.3, 0.4) is 0 Å². The van der Waals surface area contributed by atoms with E-state index in [0.717, 1.165) is 4.57 Å². The molecule has 0 radical (unpaired) electrons. The summed E-state index contributed by atoms with van der Waals surface area (Å²) in [6.07, 6.45) is -0.921. The van der Waals surface area contributed by atoms with Gasteiger partial charge in [-0.05, 0) is 0 Å². The minimum Gasteiger partial charge on any atom is -0.382 e. The van der Waals surface area contributed by atoms with Crippen LogP contribution < -0.4 is 11.4 Å². The predicted molar refractivity (Wildman–Crippen MR) is 143 cm³/mol. The molecule has 0 aromatic carbocycles. The van der Waals surface area contributed by atoms with Crippen LogP contribution in [0.2, 0.25) is 0 Å². The Labute approximate surface area is 232 Å². The summed E-state index contributed by atoms with van der Waals surface area (Å²) < 4.78 is 59.5.